The van der Waals surface area contributed by atoms with Crippen molar-refractivity contribution < 1.29 is 5.11 Å². The highest BCUT2D eigenvalue weighted by molar-refractivity contribution is 9.10. The molecule has 0 aromatic carbocycles. The number of halogens is 1. The van der Waals surface area contributed by atoms with Crippen molar-refractivity contribution in [3.8, 4) is 0 Å². The van der Waals surface area contributed by atoms with Crippen molar-refractivity contribution in [1.29, 1.82) is 0 Å². The van der Waals surface area contributed by atoms with Crippen molar-refractivity contribution in [2.45, 2.75) is 6.42 Å². The van der Waals surface area contributed by atoms with Crippen LogP contribution in [-0.4, -0.2) is 21.1 Å². The summed E-state index contributed by atoms with van der Waals surface area (Å²) in [6, 6.07) is 5.89. The van der Waals surface area contributed by atoms with E-state index in [0.29, 0.717) is 6.42 Å². The summed E-state index contributed by atoms with van der Waals surface area (Å²) in [5.41, 5.74) is 1.03. The van der Waals surface area contributed by atoms with Gasteiger partial charge in [0.2, 0.25) is 0 Å². The lowest BCUT2D eigenvalue weighted by molar-refractivity contribution is 0.296. The van der Waals surface area contributed by atoms with E-state index in [1.807, 2.05) is 28.8 Å². The number of hydrogen-bond acceptors (Lipinski definition) is 2. The summed E-state index contributed by atoms with van der Waals surface area (Å²) in [5, 5.41) is 8.82. The van der Waals surface area contributed by atoms with Crippen LogP contribution in [0.4, 0.5) is 0 Å². The fraction of sp³-hybridized carbons (Fsp3) is 0.222. The molecule has 0 unspecified atom stereocenters. The molecule has 68 valence electrons. The summed E-state index contributed by atoms with van der Waals surface area (Å²) in [4.78, 5) is 4.30. The van der Waals surface area contributed by atoms with E-state index < -0.39 is 0 Å². The third kappa shape index (κ3) is 1.47. The number of aromatic nitrogens is 2. The second-order valence-electron chi connectivity index (χ2n) is 2.75. The predicted octanol–water partition coefficient (Wildman–Crippen LogP) is 1.63. The summed E-state index contributed by atoms with van der Waals surface area (Å²) < 4.78 is 2.80. The molecule has 2 aromatic heterocycles. The molecule has 0 aliphatic rings. The zero-order valence-electron chi connectivity index (χ0n) is 6.94. The van der Waals surface area contributed by atoms with Crippen molar-refractivity contribution in [2.75, 3.05) is 6.61 Å². The standard InChI is InChI=1S/C9H9BrN2O/c10-9-7-3-1-2-5-12(7)8(11-9)4-6-13/h1-3,5,13H,4,6H2. The van der Waals surface area contributed by atoms with Crippen LogP contribution in [0.25, 0.3) is 5.52 Å². The first-order valence-electron chi connectivity index (χ1n) is 4.05. The van der Waals surface area contributed by atoms with Gasteiger partial charge in [-0.25, -0.2) is 4.98 Å². The monoisotopic (exact) mass is 240 g/mol. The molecule has 0 bridgehead atoms. The lowest BCUT2D eigenvalue weighted by Crippen LogP contribution is -1.97. The van der Waals surface area contributed by atoms with Crippen molar-refractivity contribution in [3.63, 3.8) is 0 Å². The molecule has 2 heterocycles. The van der Waals surface area contributed by atoms with Crippen LogP contribution in [0.5, 0.6) is 0 Å². The van der Waals surface area contributed by atoms with Crippen LogP contribution >= 0.6 is 15.9 Å². The van der Waals surface area contributed by atoms with Gasteiger partial charge in [0.1, 0.15) is 10.4 Å². The van der Waals surface area contributed by atoms with Crippen molar-refractivity contribution in [3.05, 3.63) is 34.8 Å². The van der Waals surface area contributed by atoms with Gasteiger partial charge in [-0.2, -0.15) is 0 Å². The van der Waals surface area contributed by atoms with Gasteiger partial charge in [0.25, 0.3) is 0 Å². The summed E-state index contributed by atoms with van der Waals surface area (Å²) in [5.74, 6) is 0.880. The van der Waals surface area contributed by atoms with Crippen molar-refractivity contribution in [1.82, 2.24) is 9.38 Å². The molecule has 0 amide bonds. The third-order valence-electron chi connectivity index (χ3n) is 1.91. The number of rotatable bonds is 2. The Hall–Kier alpha value is -0.870. The quantitative estimate of drug-likeness (QED) is 0.867. The average molecular weight is 241 g/mol. The molecule has 0 atom stereocenters. The summed E-state index contributed by atoms with van der Waals surface area (Å²) in [6.07, 6.45) is 2.52. The van der Waals surface area contributed by atoms with E-state index in [2.05, 4.69) is 20.9 Å². The fourth-order valence-electron chi connectivity index (χ4n) is 1.34. The minimum atomic E-state index is 0.125. The first-order chi connectivity index (χ1) is 6.33. The van der Waals surface area contributed by atoms with Crippen LogP contribution < -0.4 is 0 Å². The molecule has 0 fully saturated rings. The summed E-state index contributed by atoms with van der Waals surface area (Å²) in [6.45, 7) is 0.125. The molecule has 0 aliphatic heterocycles. The zero-order chi connectivity index (χ0) is 9.26. The Kier molecular flexibility index (Phi) is 2.33. The van der Waals surface area contributed by atoms with Crippen LogP contribution in [0.1, 0.15) is 5.82 Å². The van der Waals surface area contributed by atoms with Gasteiger partial charge >= 0.3 is 0 Å². The van der Waals surface area contributed by atoms with E-state index in [0.717, 1.165) is 15.9 Å². The number of hydrogen-bond donors (Lipinski definition) is 1. The molecule has 0 saturated carbocycles. The average Bonchev–Trinajstić information content (AvgIpc) is 2.46. The number of pyridine rings is 1. The summed E-state index contributed by atoms with van der Waals surface area (Å²) >= 11 is 3.37. The number of aliphatic hydroxyl groups excluding tert-OH is 1. The highest BCUT2D eigenvalue weighted by Gasteiger charge is 2.06. The summed E-state index contributed by atoms with van der Waals surface area (Å²) in [7, 11) is 0. The topological polar surface area (TPSA) is 37.5 Å². The Morgan fingerprint density at radius 2 is 2.31 bits per heavy atom. The Morgan fingerprint density at radius 1 is 1.46 bits per heavy atom. The Morgan fingerprint density at radius 3 is 3.08 bits per heavy atom. The fourth-order valence-corrected chi connectivity index (χ4v) is 1.86. The minimum Gasteiger partial charge on any atom is -0.396 e. The van der Waals surface area contributed by atoms with Crippen LogP contribution in [0.3, 0.4) is 0 Å². The van der Waals surface area contributed by atoms with Gasteiger partial charge in [0.15, 0.2) is 0 Å². The van der Waals surface area contributed by atoms with Gasteiger partial charge in [-0.3, -0.25) is 0 Å². The number of imidazole rings is 1. The molecule has 2 aromatic rings. The Labute approximate surface area is 84.2 Å². The SMILES string of the molecule is OCCc1nc(Br)c2ccccn12. The number of nitrogens with zero attached hydrogens (tertiary/aromatic N) is 2. The van der Waals surface area contributed by atoms with Crippen LogP contribution in [0, 0.1) is 0 Å². The maximum Gasteiger partial charge on any atom is 0.132 e. The Balaban J connectivity index is 2.63. The van der Waals surface area contributed by atoms with E-state index in [-0.39, 0.29) is 6.61 Å². The second-order valence-corrected chi connectivity index (χ2v) is 3.50. The highest BCUT2D eigenvalue weighted by atomic mass is 79.9. The molecular formula is C9H9BrN2O. The maximum atomic E-state index is 8.82. The smallest absolute Gasteiger partial charge is 0.132 e. The third-order valence-corrected chi connectivity index (χ3v) is 2.50. The van der Waals surface area contributed by atoms with Crippen LogP contribution in [0.15, 0.2) is 29.0 Å². The van der Waals surface area contributed by atoms with Crippen LogP contribution in [0.2, 0.25) is 0 Å². The van der Waals surface area contributed by atoms with E-state index in [4.69, 9.17) is 5.11 Å². The molecule has 0 radical (unpaired) electrons. The molecule has 13 heavy (non-hydrogen) atoms. The first kappa shape index (κ1) is 8.72. The molecule has 2 rings (SSSR count). The zero-order valence-corrected chi connectivity index (χ0v) is 8.53. The first-order valence-corrected chi connectivity index (χ1v) is 4.84. The van der Waals surface area contributed by atoms with E-state index in [9.17, 15) is 0 Å². The van der Waals surface area contributed by atoms with E-state index in [1.165, 1.54) is 0 Å². The highest BCUT2D eigenvalue weighted by Crippen LogP contribution is 2.18. The van der Waals surface area contributed by atoms with Gasteiger partial charge in [0, 0.05) is 12.6 Å². The molecule has 3 nitrogen and oxygen atoms in total. The molecule has 4 heteroatoms. The molecule has 0 spiro atoms. The number of aliphatic hydroxyl groups is 1. The minimum absolute atomic E-state index is 0.125. The predicted molar refractivity (Wildman–Crippen MR) is 53.7 cm³/mol. The van der Waals surface area contributed by atoms with Gasteiger partial charge in [-0.15, -0.1) is 0 Å². The normalized spacial score (nSPS) is 10.9. The molecular weight excluding hydrogens is 232 g/mol. The van der Waals surface area contributed by atoms with Gasteiger partial charge in [-0.1, -0.05) is 6.07 Å². The number of fused-ring (bicyclic) bond motifs is 1. The van der Waals surface area contributed by atoms with Crippen molar-refractivity contribution >= 4 is 21.4 Å². The van der Waals surface area contributed by atoms with Gasteiger partial charge < -0.3 is 9.51 Å². The van der Waals surface area contributed by atoms with Crippen LogP contribution in [-0.2, 0) is 6.42 Å². The van der Waals surface area contributed by atoms with Crippen molar-refractivity contribution in [2.24, 2.45) is 0 Å². The molecule has 0 aliphatic carbocycles. The Bertz CT molecular complexity index is 424. The second kappa shape index (κ2) is 3.47. The molecule has 1 N–H and O–H groups in total. The lowest BCUT2D eigenvalue weighted by Gasteiger charge is -1.96. The van der Waals surface area contributed by atoms with Gasteiger partial charge in [-0.05, 0) is 28.1 Å². The van der Waals surface area contributed by atoms with E-state index in [1.54, 1.807) is 0 Å². The van der Waals surface area contributed by atoms with Gasteiger partial charge in [0.05, 0.1) is 12.1 Å². The molecule has 0 saturated heterocycles. The maximum absolute atomic E-state index is 8.82. The lowest BCUT2D eigenvalue weighted by atomic mass is 10.4. The largest absolute Gasteiger partial charge is 0.396 e. The van der Waals surface area contributed by atoms with E-state index >= 15 is 0 Å².